The lowest BCUT2D eigenvalue weighted by Crippen LogP contribution is -2.47. The molecule has 2 aliphatic heterocycles. The van der Waals surface area contributed by atoms with Crippen molar-refractivity contribution in [3.63, 3.8) is 0 Å². The molecule has 5 rings (SSSR count). The lowest BCUT2D eigenvalue weighted by Gasteiger charge is -2.41. The molecule has 2 aromatic heterocycles. The van der Waals surface area contributed by atoms with Crippen LogP contribution in [-0.4, -0.2) is 63.8 Å². The molecule has 0 amide bonds. The summed E-state index contributed by atoms with van der Waals surface area (Å²) in [6.07, 6.45) is 8.42. The van der Waals surface area contributed by atoms with Crippen LogP contribution in [0.1, 0.15) is 31.7 Å². The van der Waals surface area contributed by atoms with Crippen LogP contribution in [0.3, 0.4) is 0 Å². The van der Waals surface area contributed by atoms with Crippen LogP contribution in [0.2, 0.25) is 0 Å². The van der Waals surface area contributed by atoms with Gasteiger partial charge in [-0.1, -0.05) is 12.1 Å². The molecule has 0 unspecified atom stereocenters. The third-order valence-corrected chi connectivity index (χ3v) is 6.88. The van der Waals surface area contributed by atoms with Crippen molar-refractivity contribution in [1.29, 1.82) is 0 Å². The minimum absolute atomic E-state index is 0.376. The van der Waals surface area contributed by atoms with Gasteiger partial charge in [0, 0.05) is 30.4 Å². The second-order valence-electron chi connectivity index (χ2n) is 8.84. The highest BCUT2D eigenvalue weighted by atomic mass is 15.3. The van der Waals surface area contributed by atoms with E-state index < -0.39 is 0 Å². The number of fused-ring (bicyclic) bond motifs is 1. The van der Waals surface area contributed by atoms with Crippen LogP contribution < -0.4 is 11.5 Å². The third-order valence-electron chi connectivity index (χ3n) is 6.88. The first-order valence-corrected chi connectivity index (χ1v) is 11.0. The first-order valence-electron chi connectivity index (χ1n) is 11.0. The van der Waals surface area contributed by atoms with Gasteiger partial charge in [-0.25, -0.2) is 0 Å². The average molecular weight is 406 g/mol. The Labute approximate surface area is 177 Å². The molecule has 4 N–H and O–H groups in total. The number of nitrogens with zero attached hydrogens (tertiary/aromatic N) is 5. The zero-order chi connectivity index (χ0) is 20.7. The number of anilines is 2. The van der Waals surface area contributed by atoms with E-state index in [1.807, 2.05) is 30.5 Å². The Hall–Kier alpha value is -2.64. The van der Waals surface area contributed by atoms with Crippen molar-refractivity contribution in [3.8, 4) is 11.3 Å². The van der Waals surface area contributed by atoms with Gasteiger partial charge in [0.15, 0.2) is 0 Å². The number of benzene rings is 1. The Morgan fingerprint density at radius 1 is 0.867 bits per heavy atom. The number of piperidine rings is 2. The SMILES string of the molecule is CN1CCC(N2CCC(n3nc(-c4ccc(N)cc4)c4c(N)cncc43)CC2)CC1. The number of hydrogen-bond donors (Lipinski definition) is 2. The molecule has 158 valence electrons. The normalized spacial score (nSPS) is 20.2. The summed E-state index contributed by atoms with van der Waals surface area (Å²) in [5.74, 6) is 0. The van der Waals surface area contributed by atoms with E-state index in [9.17, 15) is 0 Å². The number of pyridine rings is 1. The number of aromatic nitrogens is 3. The largest absolute Gasteiger partial charge is 0.399 e. The van der Waals surface area contributed by atoms with Crippen LogP contribution >= 0.6 is 0 Å². The van der Waals surface area contributed by atoms with Gasteiger partial charge in [0.25, 0.3) is 0 Å². The lowest BCUT2D eigenvalue weighted by molar-refractivity contribution is 0.0860. The Bertz CT molecular complexity index is 1010. The topological polar surface area (TPSA) is 89.2 Å². The number of rotatable bonds is 3. The molecule has 0 bridgehead atoms. The summed E-state index contributed by atoms with van der Waals surface area (Å²) < 4.78 is 2.18. The first kappa shape index (κ1) is 19.3. The van der Waals surface area contributed by atoms with Crippen molar-refractivity contribution in [2.75, 3.05) is 44.7 Å². The quantitative estimate of drug-likeness (QED) is 0.651. The molecule has 0 aliphatic carbocycles. The van der Waals surface area contributed by atoms with Gasteiger partial charge < -0.3 is 21.3 Å². The highest BCUT2D eigenvalue weighted by Gasteiger charge is 2.29. The first-order chi connectivity index (χ1) is 14.6. The standard InChI is InChI=1S/C23H31N7/c1-28-10-6-18(7-11-28)29-12-8-19(9-13-29)30-21-15-26-14-20(25)22(21)23(27-30)16-2-4-17(24)5-3-16/h2-5,14-15,18-19H,6-13,24-25H2,1H3. The van der Waals surface area contributed by atoms with Gasteiger partial charge in [-0.05, 0) is 58.0 Å². The number of likely N-dealkylation sites (tertiary alicyclic amines) is 2. The molecule has 0 saturated carbocycles. The molecule has 4 heterocycles. The summed E-state index contributed by atoms with van der Waals surface area (Å²) in [5, 5.41) is 6.04. The van der Waals surface area contributed by atoms with E-state index in [1.165, 1.54) is 25.9 Å². The minimum Gasteiger partial charge on any atom is -0.399 e. The number of hydrogen-bond acceptors (Lipinski definition) is 6. The summed E-state index contributed by atoms with van der Waals surface area (Å²) in [5.41, 5.74) is 16.6. The van der Waals surface area contributed by atoms with Crippen molar-refractivity contribution in [2.24, 2.45) is 0 Å². The Balaban J connectivity index is 1.41. The van der Waals surface area contributed by atoms with E-state index in [2.05, 4.69) is 26.5 Å². The summed E-state index contributed by atoms with van der Waals surface area (Å²) >= 11 is 0. The molecule has 3 aromatic rings. The van der Waals surface area contributed by atoms with Crippen molar-refractivity contribution in [1.82, 2.24) is 24.6 Å². The van der Waals surface area contributed by atoms with Gasteiger partial charge in [0.2, 0.25) is 0 Å². The molecule has 0 spiro atoms. The molecule has 2 saturated heterocycles. The van der Waals surface area contributed by atoms with E-state index >= 15 is 0 Å². The van der Waals surface area contributed by atoms with E-state index in [4.69, 9.17) is 16.6 Å². The van der Waals surface area contributed by atoms with E-state index in [0.717, 1.165) is 59.8 Å². The summed E-state index contributed by atoms with van der Waals surface area (Å²) in [7, 11) is 2.23. The Morgan fingerprint density at radius 2 is 1.53 bits per heavy atom. The van der Waals surface area contributed by atoms with Crippen LogP contribution in [0.4, 0.5) is 11.4 Å². The molecule has 2 aliphatic rings. The van der Waals surface area contributed by atoms with Gasteiger partial charge in [-0.15, -0.1) is 0 Å². The van der Waals surface area contributed by atoms with Crippen LogP contribution in [-0.2, 0) is 0 Å². The fourth-order valence-corrected chi connectivity index (χ4v) is 5.09. The molecule has 30 heavy (non-hydrogen) atoms. The van der Waals surface area contributed by atoms with Crippen molar-refractivity contribution < 1.29 is 0 Å². The minimum atomic E-state index is 0.376. The fraction of sp³-hybridized carbons (Fsp3) is 0.478. The molecule has 0 atom stereocenters. The van der Waals surface area contributed by atoms with Crippen LogP contribution in [0.5, 0.6) is 0 Å². The summed E-state index contributed by atoms with van der Waals surface area (Å²) in [4.78, 5) is 9.50. The van der Waals surface area contributed by atoms with Gasteiger partial charge >= 0.3 is 0 Å². The second-order valence-corrected chi connectivity index (χ2v) is 8.84. The monoisotopic (exact) mass is 405 g/mol. The van der Waals surface area contributed by atoms with Gasteiger partial charge in [0.1, 0.15) is 5.69 Å². The lowest BCUT2D eigenvalue weighted by atomic mass is 9.98. The average Bonchev–Trinajstić information content (AvgIpc) is 3.16. The molecule has 7 nitrogen and oxygen atoms in total. The second kappa shape index (κ2) is 7.89. The predicted octanol–water partition coefficient (Wildman–Crippen LogP) is 2.99. The zero-order valence-electron chi connectivity index (χ0n) is 17.7. The molecule has 0 radical (unpaired) electrons. The van der Waals surface area contributed by atoms with Crippen molar-refractivity contribution >= 4 is 22.3 Å². The van der Waals surface area contributed by atoms with E-state index in [1.54, 1.807) is 6.20 Å². The molecular weight excluding hydrogens is 374 g/mol. The maximum Gasteiger partial charge on any atom is 0.102 e. The molecule has 7 heteroatoms. The molecule has 1 aromatic carbocycles. The van der Waals surface area contributed by atoms with Crippen molar-refractivity contribution in [2.45, 2.75) is 37.8 Å². The molecular formula is C23H31N7. The number of nitrogens with two attached hydrogens (primary N) is 2. The smallest absolute Gasteiger partial charge is 0.102 e. The molecule has 2 fully saturated rings. The number of nitrogen functional groups attached to an aromatic ring is 2. The summed E-state index contributed by atoms with van der Waals surface area (Å²) in [6.45, 7) is 4.69. The van der Waals surface area contributed by atoms with Gasteiger partial charge in [0.05, 0.1) is 35.0 Å². The zero-order valence-corrected chi connectivity index (χ0v) is 17.7. The van der Waals surface area contributed by atoms with Crippen LogP contribution in [0.25, 0.3) is 22.2 Å². The van der Waals surface area contributed by atoms with E-state index in [-0.39, 0.29) is 0 Å². The van der Waals surface area contributed by atoms with Gasteiger partial charge in [-0.3, -0.25) is 9.67 Å². The van der Waals surface area contributed by atoms with Gasteiger partial charge in [-0.2, -0.15) is 5.10 Å². The third kappa shape index (κ3) is 3.52. The van der Waals surface area contributed by atoms with Crippen LogP contribution in [0, 0.1) is 0 Å². The highest BCUT2D eigenvalue weighted by molar-refractivity contribution is 6.01. The van der Waals surface area contributed by atoms with E-state index in [0.29, 0.717) is 11.7 Å². The van der Waals surface area contributed by atoms with Crippen molar-refractivity contribution in [3.05, 3.63) is 36.7 Å². The summed E-state index contributed by atoms with van der Waals surface area (Å²) in [6, 6.07) is 8.98. The Morgan fingerprint density at radius 3 is 2.23 bits per heavy atom. The fourth-order valence-electron chi connectivity index (χ4n) is 5.09. The maximum atomic E-state index is 6.35. The maximum absolute atomic E-state index is 6.35. The Kier molecular flexibility index (Phi) is 5.08. The highest BCUT2D eigenvalue weighted by Crippen LogP contribution is 2.36. The predicted molar refractivity (Wildman–Crippen MR) is 122 cm³/mol. The van der Waals surface area contributed by atoms with Crippen LogP contribution in [0.15, 0.2) is 36.7 Å².